The predicted molar refractivity (Wildman–Crippen MR) is 84.2 cm³/mol. The van der Waals surface area contributed by atoms with Gasteiger partial charge in [0.2, 0.25) is 0 Å². The predicted octanol–water partition coefficient (Wildman–Crippen LogP) is 1.57. The Morgan fingerprint density at radius 2 is 2.13 bits per heavy atom. The van der Waals surface area contributed by atoms with Crippen molar-refractivity contribution in [2.24, 2.45) is 13.0 Å². The second-order valence-electron chi connectivity index (χ2n) is 6.26. The summed E-state index contributed by atoms with van der Waals surface area (Å²) in [6.07, 6.45) is 2.57. The first-order valence-electron chi connectivity index (χ1n) is 7.71. The molecule has 0 aromatic carbocycles. The number of nitrogens with zero attached hydrogens (tertiary/aromatic N) is 3. The van der Waals surface area contributed by atoms with E-state index in [1.165, 1.54) is 0 Å². The van der Waals surface area contributed by atoms with Gasteiger partial charge in [0, 0.05) is 12.7 Å². The van der Waals surface area contributed by atoms with Gasteiger partial charge in [0.15, 0.2) is 5.65 Å². The minimum absolute atomic E-state index is 0.385. The van der Waals surface area contributed by atoms with Gasteiger partial charge in [0.25, 0.3) is 5.91 Å². The van der Waals surface area contributed by atoms with Crippen molar-refractivity contribution in [1.29, 1.82) is 0 Å². The van der Waals surface area contributed by atoms with E-state index in [1.807, 2.05) is 6.92 Å². The normalized spacial score (nSPS) is 15.6. The molecule has 1 aliphatic rings. The highest BCUT2D eigenvalue weighted by Crippen LogP contribution is 2.33. The average Bonchev–Trinajstić information content (AvgIpc) is 3.24. The Morgan fingerprint density at radius 1 is 1.43 bits per heavy atom. The lowest BCUT2D eigenvalue weighted by atomic mass is 10.1. The molecule has 1 atom stereocenters. The van der Waals surface area contributed by atoms with Crippen molar-refractivity contribution < 1.29 is 14.7 Å². The van der Waals surface area contributed by atoms with Crippen molar-refractivity contribution >= 4 is 22.9 Å². The number of aryl methyl sites for hydroxylation is 3. The SMILES string of the molecule is Cc1cc(C(=O)NC(CC2CC2)C(=O)O)c2c(C)nn(C)c2n1. The topological polar surface area (TPSA) is 97.1 Å². The zero-order valence-electron chi connectivity index (χ0n) is 13.5. The van der Waals surface area contributed by atoms with Crippen molar-refractivity contribution in [2.75, 3.05) is 0 Å². The molecule has 0 saturated heterocycles. The highest BCUT2D eigenvalue weighted by molar-refractivity contribution is 6.07. The molecule has 7 nitrogen and oxygen atoms in total. The number of hydrogen-bond acceptors (Lipinski definition) is 4. The second-order valence-corrected chi connectivity index (χ2v) is 6.26. The maximum atomic E-state index is 12.6. The zero-order chi connectivity index (χ0) is 16.7. The molecule has 0 aliphatic heterocycles. The first kappa shape index (κ1) is 15.5. The maximum Gasteiger partial charge on any atom is 0.326 e. The molecule has 2 N–H and O–H groups in total. The quantitative estimate of drug-likeness (QED) is 0.872. The average molecular weight is 316 g/mol. The summed E-state index contributed by atoms with van der Waals surface area (Å²) in [5.74, 6) is -0.962. The fraction of sp³-hybridized carbons (Fsp3) is 0.500. The first-order chi connectivity index (χ1) is 10.9. The van der Waals surface area contributed by atoms with Crippen molar-refractivity contribution in [3.05, 3.63) is 23.0 Å². The molecule has 0 spiro atoms. The summed E-state index contributed by atoms with van der Waals surface area (Å²) in [4.78, 5) is 28.5. The number of rotatable bonds is 5. The van der Waals surface area contributed by atoms with E-state index in [9.17, 15) is 14.7 Å². The number of fused-ring (bicyclic) bond motifs is 1. The monoisotopic (exact) mass is 316 g/mol. The third-order valence-corrected chi connectivity index (χ3v) is 4.21. The number of amides is 1. The number of aromatic nitrogens is 3. The van der Waals surface area contributed by atoms with E-state index in [0.29, 0.717) is 40.3 Å². The Balaban J connectivity index is 1.95. The zero-order valence-corrected chi connectivity index (χ0v) is 13.5. The van der Waals surface area contributed by atoms with Crippen molar-refractivity contribution in [3.8, 4) is 0 Å². The summed E-state index contributed by atoms with van der Waals surface area (Å²) in [5.41, 5.74) is 2.45. The molecule has 3 rings (SSSR count). The van der Waals surface area contributed by atoms with E-state index in [0.717, 1.165) is 12.8 Å². The van der Waals surface area contributed by atoms with Crippen molar-refractivity contribution in [1.82, 2.24) is 20.1 Å². The van der Waals surface area contributed by atoms with Crippen LogP contribution in [0.5, 0.6) is 0 Å². The lowest BCUT2D eigenvalue weighted by Gasteiger charge is -2.15. The minimum atomic E-state index is -0.991. The van der Waals surface area contributed by atoms with Crippen LogP contribution in [0.15, 0.2) is 6.07 Å². The van der Waals surface area contributed by atoms with Crippen LogP contribution in [0.1, 0.15) is 41.0 Å². The molecule has 2 aromatic rings. The van der Waals surface area contributed by atoms with Gasteiger partial charge in [-0.3, -0.25) is 9.48 Å². The Morgan fingerprint density at radius 3 is 2.74 bits per heavy atom. The lowest BCUT2D eigenvalue weighted by molar-refractivity contribution is -0.139. The summed E-state index contributed by atoms with van der Waals surface area (Å²) in [5, 5.41) is 17.0. The van der Waals surface area contributed by atoms with Gasteiger partial charge >= 0.3 is 5.97 Å². The van der Waals surface area contributed by atoms with Crippen LogP contribution in [0.2, 0.25) is 0 Å². The van der Waals surface area contributed by atoms with Gasteiger partial charge < -0.3 is 10.4 Å². The largest absolute Gasteiger partial charge is 0.480 e. The molecule has 0 radical (unpaired) electrons. The number of carbonyl (C=O) groups is 2. The van der Waals surface area contributed by atoms with E-state index < -0.39 is 12.0 Å². The number of carboxylic acids is 1. The van der Waals surface area contributed by atoms with E-state index in [-0.39, 0.29) is 5.91 Å². The van der Waals surface area contributed by atoms with Gasteiger partial charge in [-0.1, -0.05) is 12.8 Å². The molecule has 1 amide bonds. The van der Waals surface area contributed by atoms with Crippen molar-refractivity contribution in [3.63, 3.8) is 0 Å². The lowest BCUT2D eigenvalue weighted by Crippen LogP contribution is -2.41. The molecule has 1 unspecified atom stereocenters. The van der Waals surface area contributed by atoms with Crippen LogP contribution in [-0.2, 0) is 11.8 Å². The molecule has 23 heavy (non-hydrogen) atoms. The Kier molecular flexibility index (Phi) is 3.79. The molecule has 1 aliphatic carbocycles. The van der Waals surface area contributed by atoms with E-state index in [4.69, 9.17) is 0 Å². The molecular weight excluding hydrogens is 296 g/mol. The van der Waals surface area contributed by atoms with Gasteiger partial charge in [0.05, 0.1) is 16.6 Å². The molecular formula is C16H20N4O3. The Hall–Kier alpha value is -2.44. The second kappa shape index (κ2) is 5.64. The van der Waals surface area contributed by atoms with Crippen LogP contribution in [0.4, 0.5) is 0 Å². The highest BCUT2D eigenvalue weighted by Gasteiger charge is 2.31. The number of carbonyl (C=O) groups excluding carboxylic acids is 1. The Bertz CT molecular complexity index is 792. The van der Waals surface area contributed by atoms with Crippen LogP contribution < -0.4 is 5.32 Å². The van der Waals surface area contributed by atoms with Gasteiger partial charge in [-0.15, -0.1) is 0 Å². The minimum Gasteiger partial charge on any atom is -0.480 e. The fourth-order valence-corrected chi connectivity index (χ4v) is 2.89. The summed E-state index contributed by atoms with van der Waals surface area (Å²) in [7, 11) is 1.77. The van der Waals surface area contributed by atoms with E-state index in [2.05, 4.69) is 15.4 Å². The van der Waals surface area contributed by atoms with Gasteiger partial charge in [-0.2, -0.15) is 5.10 Å². The number of pyridine rings is 1. The molecule has 2 aromatic heterocycles. The molecule has 7 heteroatoms. The number of hydrogen-bond donors (Lipinski definition) is 2. The van der Waals surface area contributed by atoms with E-state index in [1.54, 1.807) is 24.7 Å². The fourth-order valence-electron chi connectivity index (χ4n) is 2.89. The third-order valence-electron chi connectivity index (χ3n) is 4.21. The highest BCUT2D eigenvalue weighted by atomic mass is 16.4. The van der Waals surface area contributed by atoms with E-state index >= 15 is 0 Å². The smallest absolute Gasteiger partial charge is 0.326 e. The molecule has 2 heterocycles. The van der Waals surface area contributed by atoms with Gasteiger partial charge in [0.1, 0.15) is 6.04 Å². The maximum absolute atomic E-state index is 12.6. The van der Waals surface area contributed by atoms with Crippen LogP contribution in [0.3, 0.4) is 0 Å². The van der Waals surface area contributed by atoms with Crippen LogP contribution in [0.25, 0.3) is 11.0 Å². The van der Waals surface area contributed by atoms with Gasteiger partial charge in [-0.25, -0.2) is 9.78 Å². The van der Waals surface area contributed by atoms with Crippen LogP contribution in [0, 0.1) is 19.8 Å². The molecule has 0 bridgehead atoms. The van der Waals surface area contributed by atoms with Gasteiger partial charge in [-0.05, 0) is 32.3 Å². The van der Waals surface area contributed by atoms with Crippen LogP contribution >= 0.6 is 0 Å². The number of carboxylic acid groups (broad SMARTS) is 1. The number of aliphatic carboxylic acids is 1. The van der Waals surface area contributed by atoms with Crippen LogP contribution in [-0.4, -0.2) is 37.8 Å². The number of nitrogens with one attached hydrogen (secondary N) is 1. The molecule has 1 saturated carbocycles. The standard InChI is InChI=1S/C16H20N4O3/c1-8-6-11(13-9(2)19-20(3)14(13)17-8)15(21)18-12(16(22)23)7-10-4-5-10/h6,10,12H,4-5,7H2,1-3H3,(H,18,21)(H,22,23). The summed E-state index contributed by atoms with van der Waals surface area (Å²) >= 11 is 0. The first-order valence-corrected chi connectivity index (χ1v) is 7.71. The molecule has 1 fully saturated rings. The summed E-state index contributed by atoms with van der Waals surface area (Å²) in [6, 6.07) is 0.832. The van der Waals surface area contributed by atoms with Crippen molar-refractivity contribution in [2.45, 2.75) is 39.2 Å². The summed E-state index contributed by atoms with van der Waals surface area (Å²) in [6.45, 7) is 3.62. The third kappa shape index (κ3) is 3.04. The molecule has 122 valence electrons. The Labute approximate surface area is 133 Å². The summed E-state index contributed by atoms with van der Waals surface area (Å²) < 4.78 is 1.63.